The van der Waals surface area contributed by atoms with Crippen molar-refractivity contribution in [2.75, 3.05) is 7.11 Å². The Morgan fingerprint density at radius 1 is 1.16 bits per heavy atom. The van der Waals surface area contributed by atoms with Crippen LogP contribution in [0, 0.1) is 13.8 Å². The van der Waals surface area contributed by atoms with E-state index in [-0.39, 0.29) is 16.8 Å². The smallest absolute Gasteiger partial charge is 0.344 e. The van der Waals surface area contributed by atoms with Gasteiger partial charge >= 0.3 is 11.9 Å². The lowest BCUT2D eigenvalue weighted by atomic mass is 10.1. The molecule has 1 atom stereocenters. The van der Waals surface area contributed by atoms with Crippen LogP contribution in [0.25, 0.3) is 0 Å². The number of rotatable bonds is 5. The Bertz CT molecular complexity index is 893. The molecule has 2 rings (SSSR count). The molecule has 2 aromatic rings. The Hall–Kier alpha value is -3.16. The van der Waals surface area contributed by atoms with Gasteiger partial charge in [0.1, 0.15) is 5.56 Å². The monoisotopic (exact) mass is 346 g/mol. The average Bonchev–Trinajstić information content (AvgIpc) is 2.88. The van der Waals surface area contributed by atoms with Crippen molar-refractivity contribution < 1.29 is 23.9 Å². The van der Waals surface area contributed by atoms with Gasteiger partial charge in [0, 0.05) is 11.9 Å². The van der Waals surface area contributed by atoms with Crippen molar-refractivity contribution in [3.8, 4) is 0 Å². The van der Waals surface area contributed by atoms with Crippen molar-refractivity contribution in [2.45, 2.75) is 26.9 Å². The average molecular weight is 346 g/mol. The minimum Gasteiger partial charge on any atom is -0.465 e. The van der Waals surface area contributed by atoms with E-state index in [4.69, 9.17) is 9.47 Å². The summed E-state index contributed by atoms with van der Waals surface area (Å²) in [5.74, 6) is -1.99. The van der Waals surface area contributed by atoms with E-state index in [0.29, 0.717) is 11.3 Å². The maximum absolute atomic E-state index is 12.5. The van der Waals surface area contributed by atoms with Crippen molar-refractivity contribution >= 4 is 17.7 Å². The van der Waals surface area contributed by atoms with E-state index in [1.165, 1.54) is 32.4 Å². The highest BCUT2D eigenvalue weighted by Gasteiger charge is 2.28. The molecule has 0 saturated heterocycles. The second kappa shape index (κ2) is 7.16. The lowest BCUT2D eigenvalue weighted by Crippen LogP contribution is -2.28. The second-order valence-corrected chi connectivity index (χ2v) is 5.44. The number of hydrogen-bond acceptors (Lipinski definition) is 6. The number of aryl methyl sites for hydroxylation is 1. The van der Waals surface area contributed by atoms with Crippen molar-refractivity contribution in [3.05, 3.63) is 56.8 Å². The molecular weight excluding hydrogens is 328 g/mol. The minimum atomic E-state index is -1.14. The number of pyridine rings is 1. The van der Waals surface area contributed by atoms with E-state index in [1.54, 1.807) is 13.8 Å². The first-order chi connectivity index (χ1) is 11.8. The molecule has 0 amide bonds. The van der Waals surface area contributed by atoms with Gasteiger partial charge in [0.05, 0.1) is 18.4 Å². The van der Waals surface area contributed by atoms with Crippen LogP contribution in [0.15, 0.2) is 23.1 Å². The van der Waals surface area contributed by atoms with Gasteiger partial charge in [-0.15, -0.1) is 0 Å². The molecule has 8 heteroatoms. The number of aromatic nitrogens is 2. The second-order valence-electron chi connectivity index (χ2n) is 5.44. The first-order valence-corrected chi connectivity index (χ1v) is 7.48. The fraction of sp³-hybridized carbons (Fsp3) is 0.294. The van der Waals surface area contributed by atoms with E-state index >= 15 is 0 Å². The van der Waals surface area contributed by atoms with Crippen molar-refractivity contribution in [3.63, 3.8) is 0 Å². The highest BCUT2D eigenvalue weighted by atomic mass is 16.5. The van der Waals surface area contributed by atoms with Gasteiger partial charge in [-0.3, -0.25) is 9.59 Å². The first-order valence-electron chi connectivity index (χ1n) is 7.48. The number of esters is 2. The molecule has 0 bridgehead atoms. The van der Waals surface area contributed by atoms with Gasteiger partial charge in [-0.25, -0.2) is 9.59 Å². The normalized spacial score (nSPS) is 11.7. The molecule has 2 aromatic heterocycles. The van der Waals surface area contributed by atoms with Crippen LogP contribution in [0.2, 0.25) is 0 Å². The summed E-state index contributed by atoms with van der Waals surface area (Å²) in [6.07, 6.45) is 0.238. The zero-order valence-electron chi connectivity index (χ0n) is 14.3. The summed E-state index contributed by atoms with van der Waals surface area (Å²) in [6, 6.07) is 2.78. The number of ketones is 1. The Balaban J connectivity index is 2.24. The number of nitrogens with one attached hydrogen (secondary N) is 2. The van der Waals surface area contributed by atoms with Gasteiger partial charge in [-0.2, -0.15) is 0 Å². The summed E-state index contributed by atoms with van der Waals surface area (Å²) in [6.45, 7) is 4.63. The SMILES string of the molecule is COC(=O)c1c(C)[nH]c(C(=O)[C@H](C)OC(=O)c2ccc[nH]c2=O)c1C. The summed E-state index contributed by atoms with van der Waals surface area (Å²) < 4.78 is 9.77. The van der Waals surface area contributed by atoms with Crippen molar-refractivity contribution in [2.24, 2.45) is 0 Å². The number of ether oxygens (including phenoxy) is 2. The molecule has 0 saturated carbocycles. The largest absolute Gasteiger partial charge is 0.465 e. The van der Waals surface area contributed by atoms with Crippen LogP contribution in [-0.4, -0.2) is 40.9 Å². The number of methoxy groups -OCH3 is 1. The molecule has 0 aliphatic heterocycles. The molecule has 0 aliphatic rings. The van der Waals surface area contributed by atoms with Crippen LogP contribution in [0.4, 0.5) is 0 Å². The Morgan fingerprint density at radius 2 is 1.84 bits per heavy atom. The van der Waals surface area contributed by atoms with Crippen LogP contribution >= 0.6 is 0 Å². The molecule has 0 aliphatic carbocycles. The van der Waals surface area contributed by atoms with Gasteiger partial charge in [0.15, 0.2) is 6.10 Å². The van der Waals surface area contributed by atoms with Gasteiger partial charge < -0.3 is 19.4 Å². The van der Waals surface area contributed by atoms with E-state index in [0.717, 1.165) is 0 Å². The van der Waals surface area contributed by atoms with Crippen LogP contribution in [0.1, 0.15) is 49.4 Å². The molecule has 0 spiro atoms. The van der Waals surface area contributed by atoms with Gasteiger partial charge in [-0.1, -0.05) is 0 Å². The summed E-state index contributed by atoms with van der Waals surface area (Å²) >= 11 is 0. The maximum atomic E-state index is 12.5. The van der Waals surface area contributed by atoms with E-state index in [2.05, 4.69) is 9.97 Å². The number of H-pyrrole nitrogens is 2. The van der Waals surface area contributed by atoms with Crippen LogP contribution in [0.5, 0.6) is 0 Å². The molecule has 2 heterocycles. The summed E-state index contributed by atoms with van der Waals surface area (Å²) in [5, 5.41) is 0. The quantitative estimate of drug-likeness (QED) is 0.626. The van der Waals surface area contributed by atoms with Crippen molar-refractivity contribution in [1.29, 1.82) is 0 Å². The van der Waals surface area contributed by atoms with Gasteiger partial charge in [0.2, 0.25) is 5.78 Å². The third-order valence-electron chi connectivity index (χ3n) is 3.76. The zero-order valence-corrected chi connectivity index (χ0v) is 14.3. The standard InChI is InChI=1S/C17H18N2O6/c1-8-12(17(23)24-4)9(2)19-13(8)14(20)10(3)25-16(22)11-6-5-7-18-15(11)21/h5-7,10,19H,1-4H3,(H,18,21)/t10-/m0/s1. The molecule has 0 radical (unpaired) electrons. The predicted molar refractivity (Wildman–Crippen MR) is 87.9 cm³/mol. The summed E-state index contributed by atoms with van der Waals surface area (Å²) in [4.78, 5) is 53.1. The zero-order chi connectivity index (χ0) is 18.7. The Labute approximate surface area is 143 Å². The van der Waals surface area contributed by atoms with E-state index < -0.39 is 29.4 Å². The van der Waals surface area contributed by atoms with Crippen LogP contribution in [0.3, 0.4) is 0 Å². The summed E-state index contributed by atoms with van der Waals surface area (Å²) in [7, 11) is 1.25. The van der Waals surface area contributed by atoms with E-state index in [1.807, 2.05) is 0 Å². The van der Waals surface area contributed by atoms with Crippen LogP contribution < -0.4 is 5.56 Å². The Morgan fingerprint density at radius 3 is 2.44 bits per heavy atom. The number of carbonyl (C=O) groups excluding carboxylic acids is 3. The van der Waals surface area contributed by atoms with Gasteiger partial charge in [0.25, 0.3) is 5.56 Å². The number of aromatic amines is 2. The summed E-state index contributed by atoms with van der Waals surface area (Å²) in [5.41, 5.74) is 0.508. The van der Waals surface area contributed by atoms with E-state index in [9.17, 15) is 19.2 Å². The molecule has 2 N–H and O–H groups in total. The molecule has 0 aromatic carbocycles. The molecule has 0 unspecified atom stereocenters. The Kier molecular flexibility index (Phi) is 5.21. The fourth-order valence-electron chi connectivity index (χ4n) is 2.47. The molecule has 8 nitrogen and oxygen atoms in total. The number of Topliss-reactive ketones (excluding diaryl/α,β-unsaturated/α-hetero) is 1. The predicted octanol–water partition coefficient (Wildman–Crippen LogP) is 1.53. The third kappa shape index (κ3) is 3.52. The molecule has 25 heavy (non-hydrogen) atoms. The maximum Gasteiger partial charge on any atom is 0.344 e. The lowest BCUT2D eigenvalue weighted by Gasteiger charge is -2.12. The minimum absolute atomic E-state index is 0.153. The molecule has 132 valence electrons. The number of hydrogen-bond donors (Lipinski definition) is 2. The lowest BCUT2D eigenvalue weighted by molar-refractivity contribution is 0.0315. The molecular formula is C17H18N2O6. The first kappa shape index (κ1) is 18.2. The third-order valence-corrected chi connectivity index (χ3v) is 3.76. The van der Waals surface area contributed by atoms with Crippen LogP contribution in [-0.2, 0) is 9.47 Å². The highest BCUT2D eigenvalue weighted by Crippen LogP contribution is 2.21. The fourth-order valence-corrected chi connectivity index (χ4v) is 2.47. The highest BCUT2D eigenvalue weighted by molar-refractivity contribution is 6.04. The van der Waals surface area contributed by atoms with Crippen molar-refractivity contribution in [1.82, 2.24) is 9.97 Å². The topological polar surface area (TPSA) is 118 Å². The molecule has 0 fully saturated rings. The number of carbonyl (C=O) groups is 3. The van der Waals surface area contributed by atoms with Gasteiger partial charge in [-0.05, 0) is 38.5 Å².